The van der Waals surface area contributed by atoms with Crippen LogP contribution in [0.2, 0.25) is 0 Å². The maximum Gasteiger partial charge on any atom is 0.107 e. The van der Waals surface area contributed by atoms with Gasteiger partial charge in [-0.15, -0.1) is 0 Å². The van der Waals surface area contributed by atoms with Gasteiger partial charge in [0.25, 0.3) is 0 Å². The van der Waals surface area contributed by atoms with E-state index in [1.807, 2.05) is 24.3 Å². The Kier molecular flexibility index (Phi) is 2.36. The summed E-state index contributed by atoms with van der Waals surface area (Å²) in [6.45, 7) is 0. The number of aliphatic hydroxyl groups is 1. The minimum absolute atomic E-state index is 0.658. The van der Waals surface area contributed by atoms with Crippen molar-refractivity contribution in [3.05, 3.63) is 36.0 Å². The monoisotopic (exact) mass is 176 g/mol. The molecule has 1 nitrogen and oxygen atoms in total. The van der Waals surface area contributed by atoms with E-state index in [1.54, 1.807) is 0 Å². The zero-order valence-corrected chi connectivity index (χ0v) is 7.87. The molecule has 2 rings (SSSR count). The van der Waals surface area contributed by atoms with Gasteiger partial charge in [-0.2, -0.15) is 0 Å². The highest BCUT2D eigenvalue weighted by atomic mass is 16.3. The molecule has 1 atom stereocenters. The number of allylic oxidation sites excluding steroid dienone is 3. The Morgan fingerprint density at radius 1 is 1.23 bits per heavy atom. The summed E-state index contributed by atoms with van der Waals surface area (Å²) in [6, 6.07) is 0. The summed E-state index contributed by atoms with van der Waals surface area (Å²) in [4.78, 5) is 0. The Morgan fingerprint density at radius 2 is 2.15 bits per heavy atom. The van der Waals surface area contributed by atoms with Gasteiger partial charge >= 0.3 is 0 Å². The largest absolute Gasteiger partial charge is 0.381 e. The van der Waals surface area contributed by atoms with Crippen molar-refractivity contribution in [2.24, 2.45) is 0 Å². The van der Waals surface area contributed by atoms with Crippen molar-refractivity contribution in [1.29, 1.82) is 0 Å². The fourth-order valence-electron chi connectivity index (χ4n) is 2.08. The molecule has 0 aromatic heterocycles. The molecule has 13 heavy (non-hydrogen) atoms. The minimum Gasteiger partial charge on any atom is -0.381 e. The van der Waals surface area contributed by atoms with Gasteiger partial charge in [-0.25, -0.2) is 0 Å². The summed E-state index contributed by atoms with van der Waals surface area (Å²) in [5, 5.41) is 10.3. The zero-order chi connectivity index (χ0) is 9.15. The third-order valence-corrected chi connectivity index (χ3v) is 2.90. The summed E-state index contributed by atoms with van der Waals surface area (Å²) < 4.78 is 0. The van der Waals surface area contributed by atoms with Gasteiger partial charge in [0.1, 0.15) is 5.60 Å². The van der Waals surface area contributed by atoms with E-state index >= 15 is 0 Å². The van der Waals surface area contributed by atoms with E-state index in [4.69, 9.17) is 0 Å². The lowest BCUT2D eigenvalue weighted by molar-refractivity contribution is 0.125. The third-order valence-electron chi connectivity index (χ3n) is 2.90. The molecule has 0 saturated heterocycles. The van der Waals surface area contributed by atoms with Crippen molar-refractivity contribution in [3.8, 4) is 0 Å². The molecule has 0 aromatic carbocycles. The normalized spacial score (nSPS) is 33.2. The molecule has 1 unspecified atom stereocenters. The second-order valence-corrected chi connectivity index (χ2v) is 3.89. The first-order chi connectivity index (χ1) is 6.31. The highest BCUT2D eigenvalue weighted by Crippen LogP contribution is 2.32. The molecule has 0 saturated carbocycles. The van der Waals surface area contributed by atoms with Crippen LogP contribution in [0.1, 0.15) is 32.1 Å². The molecule has 0 spiro atoms. The first kappa shape index (κ1) is 8.76. The Bertz CT molecular complexity index is 273. The molecule has 0 aliphatic heterocycles. The van der Waals surface area contributed by atoms with E-state index < -0.39 is 5.60 Å². The second kappa shape index (κ2) is 3.51. The fraction of sp³-hybridized carbons (Fsp3) is 0.500. The quantitative estimate of drug-likeness (QED) is 0.609. The Hall–Kier alpha value is -0.820. The summed E-state index contributed by atoms with van der Waals surface area (Å²) in [7, 11) is 0. The van der Waals surface area contributed by atoms with E-state index in [2.05, 4.69) is 6.08 Å². The fourth-order valence-corrected chi connectivity index (χ4v) is 2.08. The molecule has 0 aromatic rings. The average Bonchev–Trinajstić information content (AvgIpc) is 2.20. The number of hydrogen-bond donors (Lipinski definition) is 1. The summed E-state index contributed by atoms with van der Waals surface area (Å²) >= 11 is 0. The van der Waals surface area contributed by atoms with Crippen LogP contribution < -0.4 is 0 Å². The molecule has 0 radical (unpaired) electrons. The highest BCUT2D eigenvalue weighted by molar-refractivity contribution is 5.32. The third kappa shape index (κ3) is 1.75. The predicted molar refractivity (Wildman–Crippen MR) is 54.4 cm³/mol. The van der Waals surface area contributed by atoms with Crippen molar-refractivity contribution in [2.75, 3.05) is 0 Å². The van der Waals surface area contributed by atoms with Crippen LogP contribution in [0.5, 0.6) is 0 Å². The first-order valence-corrected chi connectivity index (χ1v) is 5.07. The molecule has 70 valence electrons. The van der Waals surface area contributed by atoms with Crippen LogP contribution in [0.15, 0.2) is 36.0 Å². The molecule has 0 amide bonds. The van der Waals surface area contributed by atoms with Crippen LogP contribution in [0.25, 0.3) is 0 Å². The molecular weight excluding hydrogens is 160 g/mol. The molecule has 0 fully saturated rings. The van der Waals surface area contributed by atoms with E-state index in [0.29, 0.717) is 0 Å². The van der Waals surface area contributed by atoms with Crippen molar-refractivity contribution in [2.45, 2.75) is 37.7 Å². The SMILES string of the molecule is OC1(C2=CCCCC2)C=CC=CC1. The molecule has 2 aliphatic carbocycles. The Labute approximate surface area is 79.5 Å². The lowest BCUT2D eigenvalue weighted by Gasteiger charge is -2.30. The van der Waals surface area contributed by atoms with E-state index in [9.17, 15) is 5.11 Å². The van der Waals surface area contributed by atoms with Crippen LogP contribution >= 0.6 is 0 Å². The number of hydrogen-bond acceptors (Lipinski definition) is 1. The standard InChI is InChI=1S/C12H16O/c13-12(9-5-2-6-10-12)11-7-3-1-4-8-11/h2,5-7,9,13H,1,3-4,8,10H2. The lowest BCUT2D eigenvalue weighted by atomic mass is 9.81. The second-order valence-electron chi connectivity index (χ2n) is 3.89. The van der Waals surface area contributed by atoms with Gasteiger partial charge in [0.05, 0.1) is 0 Å². The van der Waals surface area contributed by atoms with Crippen LogP contribution in [0.3, 0.4) is 0 Å². The molecule has 0 heterocycles. The zero-order valence-electron chi connectivity index (χ0n) is 7.87. The van der Waals surface area contributed by atoms with Crippen LogP contribution in [0, 0.1) is 0 Å². The van der Waals surface area contributed by atoms with E-state index in [0.717, 1.165) is 19.3 Å². The van der Waals surface area contributed by atoms with Gasteiger partial charge in [0.15, 0.2) is 0 Å². The molecular formula is C12H16O. The minimum atomic E-state index is -0.658. The van der Waals surface area contributed by atoms with Gasteiger partial charge in [-0.3, -0.25) is 0 Å². The molecule has 1 N–H and O–H groups in total. The van der Waals surface area contributed by atoms with Gasteiger partial charge in [-0.05, 0) is 37.3 Å². The van der Waals surface area contributed by atoms with Gasteiger partial charge in [0.2, 0.25) is 0 Å². The molecule has 1 heteroatoms. The van der Waals surface area contributed by atoms with Gasteiger partial charge in [-0.1, -0.05) is 24.3 Å². The number of rotatable bonds is 1. The van der Waals surface area contributed by atoms with Gasteiger partial charge < -0.3 is 5.11 Å². The topological polar surface area (TPSA) is 20.2 Å². The van der Waals surface area contributed by atoms with E-state index in [1.165, 1.54) is 18.4 Å². The average molecular weight is 176 g/mol. The first-order valence-electron chi connectivity index (χ1n) is 5.07. The van der Waals surface area contributed by atoms with Crippen molar-refractivity contribution in [3.63, 3.8) is 0 Å². The van der Waals surface area contributed by atoms with Crippen LogP contribution in [-0.2, 0) is 0 Å². The highest BCUT2D eigenvalue weighted by Gasteiger charge is 2.28. The Balaban J connectivity index is 2.18. The summed E-state index contributed by atoms with van der Waals surface area (Å²) in [6.07, 6.45) is 15.6. The van der Waals surface area contributed by atoms with Crippen LogP contribution in [0.4, 0.5) is 0 Å². The maximum absolute atomic E-state index is 10.3. The lowest BCUT2D eigenvalue weighted by Crippen LogP contribution is -2.29. The Morgan fingerprint density at radius 3 is 2.77 bits per heavy atom. The van der Waals surface area contributed by atoms with Crippen LogP contribution in [-0.4, -0.2) is 10.7 Å². The predicted octanol–water partition coefficient (Wildman–Crippen LogP) is 2.73. The van der Waals surface area contributed by atoms with Crippen molar-refractivity contribution in [1.82, 2.24) is 0 Å². The molecule has 0 bridgehead atoms. The smallest absolute Gasteiger partial charge is 0.107 e. The van der Waals surface area contributed by atoms with E-state index in [-0.39, 0.29) is 0 Å². The summed E-state index contributed by atoms with van der Waals surface area (Å²) in [5.41, 5.74) is 0.564. The van der Waals surface area contributed by atoms with Crippen molar-refractivity contribution >= 4 is 0 Å². The maximum atomic E-state index is 10.3. The molecule has 2 aliphatic rings. The van der Waals surface area contributed by atoms with Gasteiger partial charge in [0, 0.05) is 6.42 Å². The summed E-state index contributed by atoms with van der Waals surface area (Å²) in [5.74, 6) is 0. The van der Waals surface area contributed by atoms with Crippen molar-refractivity contribution < 1.29 is 5.11 Å².